The number of ketones is 2. The predicted molar refractivity (Wildman–Crippen MR) is 98.3 cm³/mol. The number of rotatable bonds is 5. The van der Waals surface area contributed by atoms with Crippen LogP contribution in [0, 0.1) is 0 Å². The molecule has 0 aliphatic rings. The summed E-state index contributed by atoms with van der Waals surface area (Å²) in [5, 5.41) is 0. The number of aromatic nitrogens is 1. The molecule has 1 heterocycles. The molecule has 3 nitrogen and oxygen atoms in total. The number of Topliss-reactive ketones (excluding diaryl/α,β-unsaturated/α-hetero) is 1. The van der Waals surface area contributed by atoms with Gasteiger partial charge in [-0.05, 0) is 47.8 Å². The minimum Gasteiger partial charge on any atom is -0.294 e. The van der Waals surface area contributed by atoms with Crippen LogP contribution in [0.5, 0.6) is 0 Å². The van der Waals surface area contributed by atoms with Gasteiger partial charge in [0, 0.05) is 35.2 Å². The van der Waals surface area contributed by atoms with Crippen LogP contribution in [0.25, 0.3) is 0 Å². The maximum atomic E-state index is 12.8. The van der Waals surface area contributed by atoms with Gasteiger partial charge >= 0.3 is 0 Å². The topological polar surface area (TPSA) is 39.1 Å². The fourth-order valence-electron chi connectivity index (χ4n) is 1.93. The Balaban J connectivity index is 2.56. The molecule has 0 spiro atoms. The normalized spacial score (nSPS) is 10.8. The first-order chi connectivity index (χ1) is 10.4. The monoisotopic (exact) mass is 529 g/mol. The van der Waals surface area contributed by atoms with Crippen LogP contribution in [0.15, 0.2) is 37.8 Å². The molecule has 0 aliphatic heterocycles. The van der Waals surface area contributed by atoms with Crippen molar-refractivity contribution >= 4 is 82.7 Å². The lowest BCUT2D eigenvalue weighted by molar-refractivity contribution is 0.0971. The summed E-state index contributed by atoms with van der Waals surface area (Å²) in [5.74, 6) is -0.332. The van der Waals surface area contributed by atoms with Gasteiger partial charge in [-0.3, -0.25) is 9.59 Å². The van der Waals surface area contributed by atoms with Crippen LogP contribution >= 0.6 is 71.2 Å². The van der Waals surface area contributed by atoms with Crippen molar-refractivity contribution in [3.05, 3.63) is 54.6 Å². The smallest absolute Gasteiger partial charge is 0.212 e. The van der Waals surface area contributed by atoms with Crippen LogP contribution in [-0.4, -0.2) is 21.5 Å². The first kappa shape index (κ1) is 18.2. The standard InChI is InChI=1S/C14H8Br3Cl2NO2/c15-10-11(16)14(17)20(19)12(10)13(22)8-4-2-1-3-7(8)9(21)5-6-18/h1-4H,5-6H2. The largest absolute Gasteiger partial charge is 0.294 e. The van der Waals surface area contributed by atoms with Crippen LogP contribution in [0.1, 0.15) is 32.8 Å². The number of alkyl halides is 1. The minimum atomic E-state index is -0.355. The molecule has 1 aromatic heterocycles. The predicted octanol–water partition coefficient (Wildman–Crippen LogP) is 5.82. The van der Waals surface area contributed by atoms with Crippen molar-refractivity contribution in [3.63, 3.8) is 0 Å². The molecule has 0 unspecified atom stereocenters. The average molecular weight is 533 g/mol. The summed E-state index contributed by atoms with van der Waals surface area (Å²) in [7, 11) is 0. The Morgan fingerprint density at radius 2 is 1.64 bits per heavy atom. The summed E-state index contributed by atoms with van der Waals surface area (Å²) in [6.45, 7) is 0. The third kappa shape index (κ3) is 3.36. The molecule has 116 valence electrons. The summed E-state index contributed by atoms with van der Waals surface area (Å²) in [5.41, 5.74) is 0.856. The van der Waals surface area contributed by atoms with Crippen LogP contribution in [0.3, 0.4) is 0 Å². The summed E-state index contributed by atoms with van der Waals surface area (Å²) < 4.78 is 2.84. The van der Waals surface area contributed by atoms with Crippen molar-refractivity contribution in [1.82, 2.24) is 4.09 Å². The molecular formula is C14H8Br3Cl2NO2. The van der Waals surface area contributed by atoms with Gasteiger partial charge in [-0.15, -0.1) is 11.6 Å². The summed E-state index contributed by atoms with van der Waals surface area (Å²) in [6, 6.07) is 6.62. The number of halogens is 5. The van der Waals surface area contributed by atoms with Crippen molar-refractivity contribution < 1.29 is 9.59 Å². The molecule has 0 N–H and O–H groups in total. The quantitative estimate of drug-likeness (QED) is 0.360. The zero-order valence-corrected chi connectivity index (χ0v) is 17.1. The second kappa shape index (κ2) is 7.62. The second-order valence-electron chi connectivity index (χ2n) is 4.29. The van der Waals surface area contributed by atoms with Crippen LogP contribution in [0.4, 0.5) is 0 Å². The van der Waals surface area contributed by atoms with Gasteiger partial charge in [0.25, 0.3) is 0 Å². The lowest BCUT2D eigenvalue weighted by Crippen LogP contribution is -2.12. The Labute approximate surface area is 162 Å². The molecule has 22 heavy (non-hydrogen) atoms. The summed E-state index contributed by atoms with van der Waals surface area (Å²) >= 11 is 21.7. The van der Waals surface area contributed by atoms with E-state index in [1.807, 2.05) is 0 Å². The highest BCUT2D eigenvalue weighted by Crippen LogP contribution is 2.38. The molecule has 2 rings (SSSR count). The Hall–Kier alpha value is -0.140. The van der Waals surface area contributed by atoms with Crippen LogP contribution in [0.2, 0.25) is 0 Å². The van der Waals surface area contributed by atoms with E-state index in [0.29, 0.717) is 19.1 Å². The van der Waals surface area contributed by atoms with Crippen molar-refractivity contribution in [2.24, 2.45) is 0 Å². The SMILES string of the molecule is O=C(CCCl)c1ccccc1C(=O)c1c(Br)c(Br)c(Br)n1Cl. The first-order valence-corrected chi connectivity index (χ1v) is 9.29. The Bertz CT molecular complexity index is 733. The van der Waals surface area contributed by atoms with Crippen LogP contribution in [-0.2, 0) is 0 Å². The van der Waals surface area contributed by atoms with Gasteiger partial charge < -0.3 is 0 Å². The second-order valence-corrected chi connectivity index (χ2v) is 7.34. The van der Waals surface area contributed by atoms with Crippen molar-refractivity contribution in [2.75, 3.05) is 5.88 Å². The van der Waals surface area contributed by atoms with Gasteiger partial charge in [-0.2, -0.15) is 0 Å². The van der Waals surface area contributed by atoms with Gasteiger partial charge in [-0.1, -0.05) is 24.3 Å². The highest BCUT2D eigenvalue weighted by molar-refractivity contribution is 9.14. The van der Waals surface area contributed by atoms with E-state index in [2.05, 4.69) is 47.8 Å². The lowest BCUT2D eigenvalue weighted by Gasteiger charge is -2.08. The molecule has 0 aliphatic carbocycles. The van der Waals surface area contributed by atoms with E-state index in [1.165, 1.54) is 4.09 Å². The molecule has 0 saturated carbocycles. The van der Waals surface area contributed by atoms with Gasteiger partial charge in [0.1, 0.15) is 10.3 Å². The number of hydrogen-bond donors (Lipinski definition) is 0. The number of carbonyl (C=O) groups is 2. The minimum absolute atomic E-state index is 0.169. The van der Waals surface area contributed by atoms with E-state index in [-0.39, 0.29) is 35.1 Å². The zero-order chi connectivity index (χ0) is 16.4. The lowest BCUT2D eigenvalue weighted by atomic mass is 9.97. The molecule has 0 radical (unpaired) electrons. The number of nitrogens with zero attached hydrogens (tertiary/aromatic N) is 1. The molecule has 2 aromatic rings. The van der Waals surface area contributed by atoms with Gasteiger partial charge in [0.15, 0.2) is 5.78 Å². The zero-order valence-electron chi connectivity index (χ0n) is 10.9. The molecule has 0 bridgehead atoms. The van der Waals surface area contributed by atoms with E-state index < -0.39 is 0 Å². The van der Waals surface area contributed by atoms with E-state index in [0.717, 1.165) is 0 Å². The number of carbonyl (C=O) groups excluding carboxylic acids is 2. The van der Waals surface area contributed by atoms with Crippen LogP contribution < -0.4 is 0 Å². The fraction of sp³-hybridized carbons (Fsp3) is 0.143. The third-order valence-corrected chi connectivity index (χ3v) is 7.05. The van der Waals surface area contributed by atoms with E-state index in [9.17, 15) is 9.59 Å². The van der Waals surface area contributed by atoms with Crippen molar-refractivity contribution in [3.8, 4) is 0 Å². The average Bonchev–Trinajstić information content (AvgIpc) is 2.71. The van der Waals surface area contributed by atoms with E-state index >= 15 is 0 Å². The molecule has 0 amide bonds. The summed E-state index contributed by atoms with van der Waals surface area (Å²) in [6.07, 6.45) is 0.169. The molecule has 1 aromatic carbocycles. The number of hydrogen-bond acceptors (Lipinski definition) is 2. The maximum absolute atomic E-state index is 12.8. The highest BCUT2D eigenvalue weighted by atomic mass is 79.9. The van der Waals surface area contributed by atoms with Crippen molar-refractivity contribution in [2.45, 2.75) is 6.42 Å². The Morgan fingerprint density at radius 1 is 1.05 bits per heavy atom. The summed E-state index contributed by atoms with van der Waals surface area (Å²) in [4.78, 5) is 25.0. The fourth-order valence-corrected chi connectivity index (χ4v) is 4.10. The maximum Gasteiger partial charge on any atom is 0.212 e. The molecule has 0 atom stereocenters. The number of benzene rings is 1. The Kier molecular flexibility index (Phi) is 6.30. The van der Waals surface area contributed by atoms with Gasteiger partial charge in [0.05, 0.1) is 8.95 Å². The van der Waals surface area contributed by atoms with Gasteiger partial charge in [-0.25, -0.2) is 4.09 Å². The molecule has 8 heteroatoms. The van der Waals surface area contributed by atoms with E-state index in [4.69, 9.17) is 23.4 Å². The molecule has 0 fully saturated rings. The third-order valence-electron chi connectivity index (χ3n) is 2.96. The van der Waals surface area contributed by atoms with Crippen molar-refractivity contribution in [1.29, 1.82) is 0 Å². The Morgan fingerprint density at radius 3 is 2.14 bits per heavy atom. The molecular weight excluding hydrogens is 525 g/mol. The van der Waals surface area contributed by atoms with E-state index in [1.54, 1.807) is 24.3 Å². The highest BCUT2D eigenvalue weighted by Gasteiger charge is 2.26. The van der Waals surface area contributed by atoms with Gasteiger partial charge in [0.2, 0.25) is 5.78 Å². The first-order valence-electron chi connectivity index (χ1n) is 6.04. The molecule has 0 saturated heterocycles.